The molecular formula is C26H27N5O. The molecule has 1 N–H and O–H groups in total. The van der Waals surface area contributed by atoms with Gasteiger partial charge in [0.15, 0.2) is 0 Å². The third kappa shape index (κ3) is 4.62. The first-order chi connectivity index (χ1) is 15.6. The largest absolute Gasteiger partial charge is 0.368 e. The lowest BCUT2D eigenvalue weighted by atomic mass is 9.89. The van der Waals surface area contributed by atoms with Crippen LogP contribution >= 0.6 is 0 Å². The van der Waals surface area contributed by atoms with Crippen LogP contribution in [-0.4, -0.2) is 39.9 Å². The molecule has 3 aromatic rings. The molecule has 0 spiro atoms. The second-order valence-electron chi connectivity index (χ2n) is 8.37. The van der Waals surface area contributed by atoms with Gasteiger partial charge in [-0.1, -0.05) is 30.7 Å². The van der Waals surface area contributed by atoms with Crippen molar-refractivity contribution in [3.63, 3.8) is 0 Å². The zero-order chi connectivity index (χ0) is 22.5. The molecule has 1 amide bonds. The number of carbonyl (C=O) groups excluding carboxylic acids is 1. The van der Waals surface area contributed by atoms with Gasteiger partial charge in [0.05, 0.1) is 17.3 Å². The number of anilines is 1. The second kappa shape index (κ2) is 9.61. The Balaban J connectivity index is 1.60. The summed E-state index contributed by atoms with van der Waals surface area (Å²) in [7, 11) is 0. The number of pyridine rings is 2. The molecule has 6 nitrogen and oxygen atoms in total. The number of nitrogens with zero attached hydrogens (tertiary/aromatic N) is 4. The number of aromatic nitrogens is 2. The van der Waals surface area contributed by atoms with E-state index in [1.807, 2.05) is 48.2 Å². The topological polar surface area (TPSA) is 81.9 Å². The molecule has 1 saturated heterocycles. The van der Waals surface area contributed by atoms with Gasteiger partial charge in [-0.2, -0.15) is 5.26 Å². The van der Waals surface area contributed by atoms with Crippen molar-refractivity contribution in [2.45, 2.75) is 32.7 Å². The molecular weight excluding hydrogens is 398 g/mol. The molecule has 6 heteroatoms. The van der Waals surface area contributed by atoms with E-state index in [1.54, 1.807) is 24.5 Å². The number of likely N-dealkylation sites (tertiary alicyclic amines) is 1. The molecule has 32 heavy (non-hydrogen) atoms. The predicted molar refractivity (Wildman–Crippen MR) is 125 cm³/mol. The average Bonchev–Trinajstić information content (AvgIpc) is 2.83. The normalized spacial score (nSPS) is 18.1. The summed E-state index contributed by atoms with van der Waals surface area (Å²) in [4.78, 5) is 24.6. The van der Waals surface area contributed by atoms with Crippen molar-refractivity contribution in [2.24, 2.45) is 5.92 Å². The number of carbonyl (C=O) groups is 1. The fourth-order valence-electron chi connectivity index (χ4n) is 4.32. The molecule has 1 fully saturated rings. The van der Waals surface area contributed by atoms with Crippen molar-refractivity contribution in [1.29, 1.82) is 5.26 Å². The van der Waals surface area contributed by atoms with Crippen LogP contribution < -0.4 is 5.32 Å². The first-order valence-electron chi connectivity index (χ1n) is 11.0. The highest BCUT2D eigenvalue weighted by atomic mass is 16.2. The molecule has 0 saturated carbocycles. The Kier molecular flexibility index (Phi) is 6.46. The maximum absolute atomic E-state index is 13.8. The van der Waals surface area contributed by atoms with Crippen molar-refractivity contribution in [3.8, 4) is 17.3 Å². The zero-order valence-corrected chi connectivity index (χ0v) is 18.5. The van der Waals surface area contributed by atoms with Crippen molar-refractivity contribution in [1.82, 2.24) is 14.9 Å². The molecule has 1 aromatic carbocycles. The molecule has 0 aliphatic carbocycles. The predicted octanol–water partition coefficient (Wildman–Crippen LogP) is 4.68. The van der Waals surface area contributed by atoms with Gasteiger partial charge in [-0.15, -0.1) is 0 Å². The van der Waals surface area contributed by atoms with Gasteiger partial charge in [0.2, 0.25) is 0 Å². The van der Waals surface area contributed by atoms with Crippen molar-refractivity contribution < 1.29 is 4.79 Å². The van der Waals surface area contributed by atoms with Crippen LogP contribution in [-0.2, 0) is 0 Å². The number of hydrogen-bond acceptors (Lipinski definition) is 5. The molecule has 162 valence electrons. The molecule has 1 aliphatic heterocycles. The average molecular weight is 426 g/mol. The Morgan fingerprint density at radius 3 is 2.81 bits per heavy atom. The molecule has 2 atom stereocenters. The van der Waals surface area contributed by atoms with E-state index in [0.29, 0.717) is 29.4 Å². The van der Waals surface area contributed by atoms with E-state index in [0.717, 1.165) is 36.2 Å². The van der Waals surface area contributed by atoms with Crippen LogP contribution in [0.15, 0.2) is 60.9 Å². The summed E-state index contributed by atoms with van der Waals surface area (Å²) >= 11 is 0. The van der Waals surface area contributed by atoms with Crippen LogP contribution in [0.25, 0.3) is 11.3 Å². The van der Waals surface area contributed by atoms with E-state index in [1.165, 1.54) is 0 Å². The molecule has 2 unspecified atom stereocenters. The van der Waals surface area contributed by atoms with Gasteiger partial charge in [-0.25, -0.2) is 4.98 Å². The quantitative estimate of drug-likeness (QED) is 0.642. The number of rotatable bonds is 5. The summed E-state index contributed by atoms with van der Waals surface area (Å²) in [6.07, 6.45) is 5.38. The monoisotopic (exact) mass is 425 g/mol. The van der Waals surface area contributed by atoms with Gasteiger partial charge in [0.1, 0.15) is 11.9 Å². The number of piperidine rings is 1. The Bertz CT molecular complexity index is 1120. The van der Waals surface area contributed by atoms with E-state index in [-0.39, 0.29) is 11.9 Å². The van der Waals surface area contributed by atoms with E-state index < -0.39 is 0 Å². The summed E-state index contributed by atoms with van der Waals surface area (Å²) in [5, 5.41) is 12.3. The minimum absolute atomic E-state index is 0.0421. The number of aryl methyl sites for hydroxylation is 1. The molecule has 4 rings (SSSR count). The smallest absolute Gasteiger partial charge is 0.254 e. The van der Waals surface area contributed by atoms with Gasteiger partial charge in [-0.3, -0.25) is 9.78 Å². The summed E-state index contributed by atoms with van der Waals surface area (Å²) < 4.78 is 0. The van der Waals surface area contributed by atoms with E-state index in [4.69, 9.17) is 5.26 Å². The Morgan fingerprint density at radius 2 is 2.09 bits per heavy atom. The highest BCUT2D eigenvalue weighted by molar-refractivity contribution is 6.01. The third-order valence-electron chi connectivity index (χ3n) is 6.11. The van der Waals surface area contributed by atoms with Crippen LogP contribution in [0.2, 0.25) is 0 Å². The maximum Gasteiger partial charge on any atom is 0.254 e. The summed E-state index contributed by atoms with van der Waals surface area (Å²) in [5.41, 5.74) is 3.94. The third-order valence-corrected chi connectivity index (χ3v) is 6.11. The van der Waals surface area contributed by atoms with Gasteiger partial charge >= 0.3 is 0 Å². The zero-order valence-electron chi connectivity index (χ0n) is 18.5. The van der Waals surface area contributed by atoms with Crippen LogP contribution in [0.5, 0.6) is 0 Å². The molecule has 1 aliphatic rings. The maximum atomic E-state index is 13.8. The van der Waals surface area contributed by atoms with E-state index >= 15 is 0 Å². The number of benzene rings is 1. The number of amides is 1. The lowest BCUT2D eigenvalue weighted by molar-refractivity contribution is 0.0540. The van der Waals surface area contributed by atoms with Gasteiger partial charge < -0.3 is 10.2 Å². The Morgan fingerprint density at radius 1 is 1.22 bits per heavy atom. The van der Waals surface area contributed by atoms with Crippen LogP contribution in [0.1, 0.15) is 41.3 Å². The van der Waals surface area contributed by atoms with Crippen molar-refractivity contribution in [3.05, 3.63) is 77.6 Å². The van der Waals surface area contributed by atoms with Crippen molar-refractivity contribution >= 4 is 11.7 Å². The fourth-order valence-corrected chi connectivity index (χ4v) is 4.32. The van der Waals surface area contributed by atoms with Crippen LogP contribution in [0.4, 0.5) is 5.82 Å². The van der Waals surface area contributed by atoms with Crippen LogP contribution in [0.3, 0.4) is 0 Å². The molecule has 3 heterocycles. The fraction of sp³-hybridized carbons (Fsp3) is 0.308. The van der Waals surface area contributed by atoms with Gasteiger partial charge in [-0.05, 0) is 56.0 Å². The summed E-state index contributed by atoms with van der Waals surface area (Å²) in [6, 6.07) is 17.4. The molecule has 0 radical (unpaired) electrons. The number of hydrogen-bond donors (Lipinski definition) is 1. The number of nitrogens with one attached hydrogen (secondary N) is 1. The SMILES string of the molecule is Cc1ccc(-c2ccccn2)c(C(=O)N2CCCC(C)C2CNc2ccc(C#N)cn2)c1. The van der Waals surface area contributed by atoms with Gasteiger partial charge in [0.25, 0.3) is 5.91 Å². The highest BCUT2D eigenvalue weighted by Gasteiger charge is 2.33. The van der Waals surface area contributed by atoms with Crippen molar-refractivity contribution in [2.75, 3.05) is 18.4 Å². The Hall–Kier alpha value is -3.72. The van der Waals surface area contributed by atoms with E-state index in [9.17, 15) is 4.79 Å². The minimum Gasteiger partial charge on any atom is -0.368 e. The number of nitriles is 1. The molecule has 2 aromatic heterocycles. The standard InChI is InChI=1S/C26H27N5O/c1-18-8-10-21(23-7-3-4-12-28-23)22(14-18)26(32)31-13-5-6-19(2)24(31)17-30-25-11-9-20(15-27)16-29-25/h3-4,7-12,14,16,19,24H,5-6,13,17H2,1-2H3,(H,29,30). The highest BCUT2D eigenvalue weighted by Crippen LogP contribution is 2.29. The first kappa shape index (κ1) is 21.5. The minimum atomic E-state index is 0.0421. The summed E-state index contributed by atoms with van der Waals surface area (Å²) in [5.74, 6) is 1.11. The summed E-state index contributed by atoms with van der Waals surface area (Å²) in [6.45, 7) is 5.55. The molecule has 0 bridgehead atoms. The lowest BCUT2D eigenvalue weighted by Gasteiger charge is -2.40. The van der Waals surface area contributed by atoms with E-state index in [2.05, 4.69) is 28.3 Å². The van der Waals surface area contributed by atoms with Gasteiger partial charge in [0, 0.05) is 36.6 Å². The first-order valence-corrected chi connectivity index (χ1v) is 11.0. The second-order valence-corrected chi connectivity index (χ2v) is 8.37. The Labute approximate surface area is 188 Å². The lowest BCUT2D eigenvalue weighted by Crippen LogP contribution is -2.51. The van der Waals surface area contributed by atoms with Crippen LogP contribution in [0, 0.1) is 24.2 Å².